The van der Waals surface area contributed by atoms with Gasteiger partial charge in [0.05, 0.1) is 6.04 Å². The third-order valence-electron chi connectivity index (χ3n) is 5.99. The Morgan fingerprint density at radius 3 is 2.28 bits per heavy atom. The van der Waals surface area contributed by atoms with E-state index < -0.39 is 5.92 Å². The minimum atomic E-state index is -2.76. The normalized spacial score (nSPS) is 22.4. The maximum Gasteiger partial charge on any atom is 0.270 e. The number of nitrogens with one attached hydrogen (secondary N) is 2. The van der Waals surface area contributed by atoms with Gasteiger partial charge >= 0.3 is 0 Å². The largest absolute Gasteiger partial charge is 0.385 e. The summed E-state index contributed by atoms with van der Waals surface area (Å²) >= 11 is 0. The fourth-order valence-corrected chi connectivity index (χ4v) is 4.35. The van der Waals surface area contributed by atoms with Crippen LogP contribution in [0.15, 0.2) is 54.6 Å². The maximum atomic E-state index is 13.6. The molecule has 4 unspecified atom stereocenters. The van der Waals surface area contributed by atoms with Gasteiger partial charge in [-0.3, -0.25) is 0 Å². The van der Waals surface area contributed by atoms with Crippen LogP contribution in [0, 0.1) is 11.8 Å². The summed E-state index contributed by atoms with van der Waals surface area (Å²) in [6, 6.07) is 16.8. The van der Waals surface area contributed by atoms with Crippen LogP contribution in [0.5, 0.6) is 0 Å². The van der Waals surface area contributed by atoms with E-state index in [-0.39, 0.29) is 11.6 Å². The number of carbonyl (C=O) groups excluding carboxylic acids is 1. The molecule has 1 saturated carbocycles. The molecule has 0 aromatic heterocycles. The third kappa shape index (κ3) is 7.99. The van der Waals surface area contributed by atoms with E-state index in [4.69, 9.17) is 5.73 Å². The SMILES string of the molecule is CC(N)C=O.CNCC1CCC2CNc3ccc(C(C)(F)F)cc3C2C1.c1ccccc1. The molecule has 0 bridgehead atoms. The van der Waals surface area contributed by atoms with Crippen LogP contribution in [0.25, 0.3) is 0 Å². The number of carbonyl (C=O) groups is 1. The average Bonchev–Trinajstić information content (AvgIpc) is 2.80. The van der Waals surface area contributed by atoms with Gasteiger partial charge in [0.1, 0.15) is 6.29 Å². The Kier molecular flexibility index (Phi) is 10.3. The Bertz CT molecular complexity index is 782. The first-order chi connectivity index (χ1) is 15.3. The number of hydrogen-bond acceptors (Lipinski definition) is 4. The Morgan fingerprint density at radius 1 is 1.19 bits per heavy atom. The molecule has 32 heavy (non-hydrogen) atoms. The number of hydrogen-bond donors (Lipinski definition) is 3. The zero-order valence-electron chi connectivity index (χ0n) is 19.4. The van der Waals surface area contributed by atoms with Crippen LogP contribution in [-0.4, -0.2) is 32.5 Å². The highest BCUT2D eigenvalue weighted by atomic mass is 19.3. The molecule has 4 atom stereocenters. The van der Waals surface area contributed by atoms with Crippen molar-refractivity contribution in [1.82, 2.24) is 5.32 Å². The number of fused-ring (bicyclic) bond motifs is 3. The molecule has 4 N–H and O–H groups in total. The fourth-order valence-electron chi connectivity index (χ4n) is 4.35. The van der Waals surface area contributed by atoms with Crippen molar-refractivity contribution >= 4 is 12.0 Å². The zero-order valence-corrected chi connectivity index (χ0v) is 19.4. The molecule has 1 aliphatic carbocycles. The summed E-state index contributed by atoms with van der Waals surface area (Å²) in [5.41, 5.74) is 7.22. The van der Waals surface area contributed by atoms with Crippen molar-refractivity contribution in [2.45, 2.75) is 51.0 Å². The lowest BCUT2D eigenvalue weighted by Crippen LogP contribution is -2.35. The molecule has 2 aliphatic rings. The molecule has 4 rings (SSSR count). The standard InChI is InChI=1S/C17H24F2N2.C6H6.C3H7NO/c1-17(18,19)13-5-6-16-15(8-13)14-7-11(9-20-2)3-4-12(14)10-21-16;1-2-4-6-5-3-1;1-3(4)2-5/h5-6,8,11-12,14,20-21H,3-4,7,9-10H2,1-2H3;1-6H;2-3H,4H2,1H3. The molecule has 1 fully saturated rings. The van der Waals surface area contributed by atoms with E-state index in [1.54, 1.807) is 19.1 Å². The number of aldehydes is 1. The van der Waals surface area contributed by atoms with Gasteiger partial charge in [-0.2, -0.15) is 0 Å². The van der Waals surface area contributed by atoms with Gasteiger partial charge < -0.3 is 21.2 Å². The first-order valence-corrected chi connectivity index (χ1v) is 11.4. The molecule has 0 spiro atoms. The molecule has 0 saturated heterocycles. The molecule has 0 radical (unpaired) electrons. The highest BCUT2D eigenvalue weighted by Gasteiger charge is 2.36. The van der Waals surface area contributed by atoms with Crippen molar-refractivity contribution in [3.8, 4) is 0 Å². The molecule has 2 aromatic rings. The molecule has 1 heterocycles. The topological polar surface area (TPSA) is 67.2 Å². The van der Waals surface area contributed by atoms with Gasteiger partial charge in [-0.1, -0.05) is 42.5 Å². The van der Waals surface area contributed by atoms with Crippen molar-refractivity contribution in [2.24, 2.45) is 17.6 Å². The van der Waals surface area contributed by atoms with E-state index in [1.807, 2.05) is 49.5 Å². The molecule has 0 amide bonds. The molecule has 4 nitrogen and oxygen atoms in total. The van der Waals surface area contributed by atoms with Crippen LogP contribution in [0.2, 0.25) is 0 Å². The lowest BCUT2D eigenvalue weighted by molar-refractivity contribution is -0.108. The quantitative estimate of drug-likeness (QED) is 0.569. The number of alkyl halides is 2. The summed E-state index contributed by atoms with van der Waals surface area (Å²) in [7, 11) is 1.98. The Balaban J connectivity index is 0.000000272. The highest BCUT2D eigenvalue weighted by molar-refractivity contribution is 5.57. The van der Waals surface area contributed by atoms with E-state index in [2.05, 4.69) is 10.6 Å². The second-order valence-corrected chi connectivity index (χ2v) is 8.82. The summed E-state index contributed by atoms with van der Waals surface area (Å²) in [6.07, 6.45) is 4.23. The van der Waals surface area contributed by atoms with Crippen molar-refractivity contribution in [3.05, 3.63) is 65.7 Å². The molecule has 176 valence electrons. The zero-order chi connectivity index (χ0) is 23.6. The van der Waals surface area contributed by atoms with E-state index in [1.165, 1.54) is 12.8 Å². The number of anilines is 1. The van der Waals surface area contributed by atoms with Gasteiger partial charge in [0, 0.05) is 24.7 Å². The number of nitrogens with two attached hydrogens (primary N) is 1. The van der Waals surface area contributed by atoms with E-state index >= 15 is 0 Å². The minimum Gasteiger partial charge on any atom is -0.385 e. The number of rotatable bonds is 4. The summed E-state index contributed by atoms with van der Waals surface area (Å²) in [5.74, 6) is -1.09. The minimum absolute atomic E-state index is 0.138. The maximum absolute atomic E-state index is 13.6. The summed E-state index contributed by atoms with van der Waals surface area (Å²) in [4.78, 5) is 9.38. The second-order valence-electron chi connectivity index (χ2n) is 8.82. The Labute approximate surface area is 191 Å². The first kappa shape index (κ1) is 25.9. The van der Waals surface area contributed by atoms with Crippen molar-refractivity contribution in [1.29, 1.82) is 0 Å². The molecule has 6 heteroatoms. The monoisotopic (exact) mass is 445 g/mol. The molecule has 1 aliphatic heterocycles. The summed E-state index contributed by atoms with van der Waals surface area (Å²) in [6.45, 7) is 4.61. The van der Waals surface area contributed by atoms with Crippen molar-refractivity contribution < 1.29 is 13.6 Å². The van der Waals surface area contributed by atoms with E-state index in [0.29, 0.717) is 24.0 Å². The molecular weight excluding hydrogens is 408 g/mol. The Hall–Kier alpha value is -2.31. The predicted molar refractivity (Wildman–Crippen MR) is 128 cm³/mol. The van der Waals surface area contributed by atoms with Crippen molar-refractivity contribution in [2.75, 3.05) is 25.5 Å². The lowest BCUT2D eigenvalue weighted by atomic mass is 9.69. The smallest absolute Gasteiger partial charge is 0.270 e. The number of benzene rings is 2. The number of halogens is 2. The highest BCUT2D eigenvalue weighted by Crippen LogP contribution is 2.46. The van der Waals surface area contributed by atoms with E-state index in [9.17, 15) is 13.6 Å². The van der Waals surface area contributed by atoms with Crippen LogP contribution in [-0.2, 0) is 10.7 Å². The predicted octanol–water partition coefficient (Wildman–Crippen LogP) is 5.16. The average molecular weight is 446 g/mol. The van der Waals surface area contributed by atoms with Crippen LogP contribution in [0.4, 0.5) is 14.5 Å². The Morgan fingerprint density at radius 2 is 1.78 bits per heavy atom. The molecular formula is C26H37F2N3O. The molecule has 2 aromatic carbocycles. The van der Waals surface area contributed by atoms with Gasteiger partial charge in [0.2, 0.25) is 0 Å². The van der Waals surface area contributed by atoms with Crippen LogP contribution in [0.3, 0.4) is 0 Å². The van der Waals surface area contributed by atoms with E-state index in [0.717, 1.165) is 37.7 Å². The van der Waals surface area contributed by atoms with Gasteiger partial charge in [0.25, 0.3) is 5.92 Å². The van der Waals surface area contributed by atoms with Crippen LogP contribution >= 0.6 is 0 Å². The van der Waals surface area contributed by atoms with Crippen LogP contribution in [0.1, 0.15) is 50.2 Å². The van der Waals surface area contributed by atoms with Gasteiger partial charge in [-0.05, 0) is 75.2 Å². The van der Waals surface area contributed by atoms with Crippen LogP contribution < -0.4 is 16.4 Å². The van der Waals surface area contributed by atoms with Gasteiger partial charge in [0.15, 0.2) is 0 Å². The van der Waals surface area contributed by atoms with Gasteiger partial charge in [-0.25, -0.2) is 8.78 Å². The first-order valence-electron chi connectivity index (χ1n) is 11.4. The second kappa shape index (κ2) is 12.7. The van der Waals surface area contributed by atoms with Gasteiger partial charge in [-0.15, -0.1) is 0 Å². The summed E-state index contributed by atoms with van der Waals surface area (Å²) < 4.78 is 27.2. The lowest BCUT2D eigenvalue weighted by Gasteiger charge is -2.41. The third-order valence-corrected chi connectivity index (χ3v) is 5.99. The van der Waals surface area contributed by atoms with Crippen molar-refractivity contribution in [3.63, 3.8) is 0 Å². The summed E-state index contributed by atoms with van der Waals surface area (Å²) in [5, 5.41) is 6.68. The fraction of sp³-hybridized carbons (Fsp3) is 0.500.